The van der Waals surface area contributed by atoms with Crippen LogP contribution in [0.4, 0.5) is 24.5 Å². The Morgan fingerprint density at radius 1 is 1.38 bits per heavy atom. The normalized spacial score (nSPS) is 11.5. The number of nitro groups is 1. The Bertz CT molecular complexity index is 985. The highest BCUT2D eigenvalue weighted by atomic mass is 127. The maximum Gasteiger partial charge on any atom is 0.416 e. The lowest BCUT2D eigenvalue weighted by Gasteiger charge is -2.10. The van der Waals surface area contributed by atoms with Crippen LogP contribution in [-0.2, 0) is 11.0 Å². The Kier molecular flexibility index (Phi) is 7.40. The molecule has 0 unspecified atom stereocenters. The fourth-order valence-electron chi connectivity index (χ4n) is 2.09. The number of carboxylic acids is 1. The number of hydrogen-bond donors (Lipinski definition) is 2. The Morgan fingerprint density at radius 3 is 2.66 bits per heavy atom. The van der Waals surface area contributed by atoms with Crippen molar-refractivity contribution >= 4 is 62.1 Å². The van der Waals surface area contributed by atoms with Crippen molar-refractivity contribution in [2.24, 2.45) is 5.10 Å². The van der Waals surface area contributed by atoms with Crippen molar-refractivity contribution < 1.29 is 32.7 Å². The van der Waals surface area contributed by atoms with Crippen LogP contribution >= 0.6 is 38.5 Å². The molecule has 8 nitrogen and oxygen atoms in total. The van der Waals surface area contributed by atoms with Gasteiger partial charge in [-0.2, -0.15) is 18.3 Å². The fraction of sp³-hybridized carbons (Fsp3) is 0.125. The van der Waals surface area contributed by atoms with Crippen molar-refractivity contribution in [3.8, 4) is 5.75 Å². The number of rotatable bonds is 7. The first-order valence-corrected chi connectivity index (χ1v) is 9.34. The van der Waals surface area contributed by atoms with E-state index in [0.29, 0.717) is 22.2 Å². The predicted octanol–water partition coefficient (Wildman–Crippen LogP) is 4.89. The third-order valence-electron chi connectivity index (χ3n) is 3.29. The van der Waals surface area contributed by atoms with Gasteiger partial charge < -0.3 is 9.84 Å². The van der Waals surface area contributed by atoms with Gasteiger partial charge in [-0.25, -0.2) is 4.79 Å². The van der Waals surface area contributed by atoms with Gasteiger partial charge in [0.25, 0.3) is 5.69 Å². The second kappa shape index (κ2) is 9.39. The van der Waals surface area contributed by atoms with Crippen LogP contribution in [0.15, 0.2) is 39.9 Å². The van der Waals surface area contributed by atoms with Gasteiger partial charge in [0.1, 0.15) is 11.4 Å². The number of hydrazone groups is 1. The molecule has 0 saturated heterocycles. The molecule has 13 heteroatoms. The maximum absolute atomic E-state index is 12.8. The number of ether oxygens (including phenoxy) is 1. The SMILES string of the molecule is O=C(O)COc1c(Br)cc(I)cc1/C=N\Nc1ccc(C(F)(F)F)cc1[N+](=O)[O-]. The summed E-state index contributed by atoms with van der Waals surface area (Å²) in [6.07, 6.45) is -3.53. The standard InChI is InChI=1S/C16H10BrF3IN3O5/c17-11-5-10(21)3-8(15(11)29-7-14(25)26)6-22-23-12-2-1-9(16(18,19)20)4-13(12)24(27)28/h1-6,23H,7H2,(H,25,26)/b22-6-. The first kappa shape index (κ1) is 22.9. The zero-order chi connectivity index (χ0) is 21.8. The van der Waals surface area contributed by atoms with E-state index in [-0.39, 0.29) is 11.4 Å². The molecule has 0 bridgehead atoms. The minimum absolute atomic E-state index is 0.167. The van der Waals surface area contributed by atoms with Gasteiger partial charge in [0.15, 0.2) is 6.61 Å². The molecule has 0 aliphatic carbocycles. The van der Waals surface area contributed by atoms with Gasteiger partial charge >= 0.3 is 12.1 Å². The number of alkyl halides is 3. The van der Waals surface area contributed by atoms with E-state index in [9.17, 15) is 28.1 Å². The molecule has 0 amide bonds. The molecule has 29 heavy (non-hydrogen) atoms. The van der Waals surface area contributed by atoms with Crippen molar-refractivity contribution in [1.29, 1.82) is 0 Å². The van der Waals surface area contributed by atoms with E-state index < -0.39 is 34.9 Å². The fourth-order valence-corrected chi connectivity index (χ4v) is 3.75. The Morgan fingerprint density at radius 2 is 2.07 bits per heavy atom. The Balaban J connectivity index is 2.32. The Hall–Kier alpha value is -2.42. The first-order valence-electron chi connectivity index (χ1n) is 7.47. The molecule has 2 aromatic carbocycles. The summed E-state index contributed by atoms with van der Waals surface area (Å²) in [4.78, 5) is 20.9. The van der Waals surface area contributed by atoms with Gasteiger partial charge in [-0.1, -0.05) is 0 Å². The summed E-state index contributed by atoms with van der Waals surface area (Å²) in [6.45, 7) is -0.613. The lowest BCUT2D eigenvalue weighted by Crippen LogP contribution is -2.11. The van der Waals surface area contributed by atoms with E-state index in [0.717, 1.165) is 9.64 Å². The molecular weight excluding hydrogens is 578 g/mol. The molecule has 0 aliphatic heterocycles. The molecule has 2 N–H and O–H groups in total. The van der Waals surface area contributed by atoms with Crippen molar-refractivity contribution in [3.05, 3.63) is 59.6 Å². The van der Waals surface area contributed by atoms with Crippen LogP contribution in [-0.4, -0.2) is 28.8 Å². The number of carbonyl (C=O) groups is 1. The third-order valence-corrected chi connectivity index (χ3v) is 4.50. The van der Waals surface area contributed by atoms with E-state index in [4.69, 9.17) is 9.84 Å². The summed E-state index contributed by atoms with van der Waals surface area (Å²) in [5.74, 6) is -1.03. The number of aliphatic carboxylic acids is 1. The number of nitrogens with zero attached hydrogens (tertiary/aromatic N) is 2. The third kappa shape index (κ3) is 6.28. The molecule has 0 saturated carbocycles. The summed E-state index contributed by atoms with van der Waals surface area (Å²) in [5, 5.41) is 23.7. The van der Waals surface area contributed by atoms with E-state index in [1.165, 1.54) is 6.21 Å². The summed E-state index contributed by atoms with van der Waals surface area (Å²) in [6, 6.07) is 5.26. The van der Waals surface area contributed by atoms with Gasteiger partial charge in [0.05, 0.1) is 21.2 Å². The van der Waals surface area contributed by atoms with Crippen LogP contribution in [0.2, 0.25) is 0 Å². The van der Waals surface area contributed by atoms with Gasteiger partial charge in [-0.3, -0.25) is 15.5 Å². The molecule has 0 aromatic heterocycles. The minimum atomic E-state index is -4.73. The monoisotopic (exact) mass is 587 g/mol. The van der Waals surface area contributed by atoms with Gasteiger partial charge in [0, 0.05) is 15.2 Å². The van der Waals surface area contributed by atoms with Crippen LogP contribution in [0.5, 0.6) is 5.75 Å². The second-order valence-corrected chi connectivity index (χ2v) is 7.45. The summed E-state index contributed by atoms with van der Waals surface area (Å²) >= 11 is 5.24. The lowest BCUT2D eigenvalue weighted by atomic mass is 10.1. The molecule has 2 rings (SSSR count). The van der Waals surface area contributed by atoms with E-state index in [1.807, 2.05) is 22.6 Å². The minimum Gasteiger partial charge on any atom is -0.480 e. The largest absolute Gasteiger partial charge is 0.480 e. The maximum atomic E-state index is 12.8. The Labute approximate surface area is 183 Å². The summed E-state index contributed by atoms with van der Waals surface area (Å²) in [5.41, 5.74) is 0.446. The van der Waals surface area contributed by atoms with Gasteiger partial charge in [0.2, 0.25) is 0 Å². The van der Waals surface area contributed by atoms with Crippen LogP contribution in [0.3, 0.4) is 0 Å². The second-order valence-electron chi connectivity index (χ2n) is 5.35. The quantitative estimate of drug-likeness (QED) is 0.206. The van der Waals surface area contributed by atoms with Crippen molar-refractivity contribution in [2.45, 2.75) is 6.18 Å². The highest BCUT2D eigenvalue weighted by Gasteiger charge is 2.33. The number of nitro benzene ring substituents is 1. The highest BCUT2D eigenvalue weighted by molar-refractivity contribution is 14.1. The average Bonchev–Trinajstić information content (AvgIpc) is 2.59. The smallest absolute Gasteiger partial charge is 0.416 e. The zero-order valence-corrected chi connectivity index (χ0v) is 17.8. The van der Waals surface area contributed by atoms with Crippen LogP contribution in [0.25, 0.3) is 0 Å². The zero-order valence-electron chi connectivity index (χ0n) is 14.0. The number of halogens is 5. The molecule has 0 atom stereocenters. The van der Waals surface area contributed by atoms with Crippen LogP contribution < -0.4 is 10.2 Å². The van der Waals surface area contributed by atoms with E-state index >= 15 is 0 Å². The topological polar surface area (TPSA) is 114 Å². The molecule has 0 heterocycles. The van der Waals surface area contributed by atoms with Crippen molar-refractivity contribution in [2.75, 3.05) is 12.0 Å². The van der Waals surface area contributed by atoms with Crippen molar-refractivity contribution in [3.63, 3.8) is 0 Å². The molecule has 0 radical (unpaired) electrons. The molecular formula is C16H10BrF3IN3O5. The number of benzene rings is 2. The van der Waals surface area contributed by atoms with Crippen LogP contribution in [0, 0.1) is 13.7 Å². The summed E-state index contributed by atoms with van der Waals surface area (Å²) < 4.78 is 44.7. The predicted molar refractivity (Wildman–Crippen MR) is 109 cm³/mol. The summed E-state index contributed by atoms with van der Waals surface area (Å²) in [7, 11) is 0. The lowest BCUT2D eigenvalue weighted by molar-refractivity contribution is -0.384. The van der Waals surface area contributed by atoms with Crippen molar-refractivity contribution in [1.82, 2.24) is 0 Å². The molecule has 2 aromatic rings. The van der Waals surface area contributed by atoms with E-state index in [2.05, 4.69) is 26.5 Å². The average molecular weight is 588 g/mol. The number of hydrogen-bond acceptors (Lipinski definition) is 6. The molecule has 0 spiro atoms. The van der Waals surface area contributed by atoms with Crippen LogP contribution in [0.1, 0.15) is 11.1 Å². The molecule has 154 valence electrons. The number of carboxylic acid groups (broad SMARTS) is 1. The number of anilines is 1. The molecule has 0 aliphatic rings. The first-order chi connectivity index (χ1) is 13.5. The van der Waals surface area contributed by atoms with Gasteiger partial charge in [-0.15, -0.1) is 0 Å². The highest BCUT2D eigenvalue weighted by Crippen LogP contribution is 2.35. The van der Waals surface area contributed by atoms with Gasteiger partial charge in [-0.05, 0) is 62.8 Å². The molecule has 0 fully saturated rings. The number of nitrogens with one attached hydrogen (secondary N) is 1. The van der Waals surface area contributed by atoms with E-state index in [1.54, 1.807) is 12.1 Å².